The summed E-state index contributed by atoms with van der Waals surface area (Å²) in [7, 11) is -4.44. The van der Waals surface area contributed by atoms with E-state index in [0.29, 0.717) is 19.3 Å². The predicted molar refractivity (Wildman–Crippen MR) is 62.7 cm³/mol. The molecule has 0 aliphatic heterocycles. The third-order valence-electron chi connectivity index (χ3n) is 2.35. The van der Waals surface area contributed by atoms with Gasteiger partial charge in [-0.15, -0.1) is 0 Å². The Balaban J connectivity index is 2.48. The Morgan fingerprint density at radius 3 is 2.33 bits per heavy atom. The maximum Gasteiger partial charge on any atom is 0.326 e. The van der Waals surface area contributed by atoms with Gasteiger partial charge in [0.15, 0.2) is 0 Å². The third-order valence-corrected chi connectivity index (χ3v) is 3.53. The Morgan fingerprint density at radius 2 is 1.78 bits per heavy atom. The molecule has 7 nitrogen and oxygen atoms in total. The highest BCUT2D eigenvalue weighted by atomic mass is 35.5. The maximum atomic E-state index is 11.4. The van der Waals surface area contributed by atoms with Gasteiger partial charge in [-0.25, -0.2) is 4.79 Å². The molecule has 2 N–H and O–H groups in total. The molecule has 0 bridgehead atoms. The fraction of sp³-hybridized carbons (Fsp3) is 0.556. The van der Waals surface area contributed by atoms with Crippen LogP contribution in [0.15, 0.2) is 9.59 Å². The first kappa shape index (κ1) is 15.2. The van der Waals surface area contributed by atoms with E-state index in [1.807, 2.05) is 4.98 Å². The van der Waals surface area contributed by atoms with Crippen LogP contribution >= 0.6 is 19.2 Å². The van der Waals surface area contributed by atoms with Gasteiger partial charge in [-0.2, -0.15) is 0 Å². The molecule has 0 saturated carbocycles. The molecule has 1 aromatic rings. The van der Waals surface area contributed by atoms with Crippen molar-refractivity contribution in [2.75, 3.05) is 6.16 Å². The summed E-state index contributed by atoms with van der Waals surface area (Å²) >= 11 is 5.70. The zero-order valence-corrected chi connectivity index (χ0v) is 11.1. The van der Waals surface area contributed by atoms with Crippen molar-refractivity contribution in [3.63, 3.8) is 0 Å². The Bertz CT molecular complexity index is 561. The second-order valence-corrected chi connectivity index (χ2v) is 5.89. The summed E-state index contributed by atoms with van der Waals surface area (Å²) in [5.41, 5.74) is -0.974. The van der Waals surface area contributed by atoms with Crippen LogP contribution in [0.3, 0.4) is 0 Å². The number of halogens is 1. The highest BCUT2D eigenvalue weighted by Gasteiger charge is 2.06. The lowest BCUT2D eigenvalue weighted by molar-refractivity contribution is -0.313. The number of rotatable bonds is 6. The number of aromatic amines is 2. The lowest BCUT2D eigenvalue weighted by atomic mass is 10.1. The van der Waals surface area contributed by atoms with E-state index < -0.39 is 18.8 Å². The van der Waals surface area contributed by atoms with Crippen molar-refractivity contribution < 1.29 is 14.4 Å². The third kappa shape index (κ3) is 5.18. The maximum absolute atomic E-state index is 11.4. The number of unbranched alkanes of at least 4 members (excludes halogenated alkanes) is 2. The molecule has 0 atom stereocenters. The van der Waals surface area contributed by atoms with Crippen molar-refractivity contribution in [2.45, 2.75) is 25.7 Å². The van der Waals surface area contributed by atoms with Crippen LogP contribution in [0.25, 0.3) is 0 Å². The minimum absolute atomic E-state index is 0.0120. The van der Waals surface area contributed by atoms with E-state index >= 15 is 0 Å². The number of hydrogen-bond donors (Lipinski definition) is 2. The van der Waals surface area contributed by atoms with Crippen LogP contribution < -0.4 is 21.0 Å². The van der Waals surface area contributed by atoms with E-state index in [2.05, 4.69) is 4.98 Å². The summed E-state index contributed by atoms with van der Waals surface area (Å²) in [6.07, 6.45) is 1.18. The van der Waals surface area contributed by atoms with Crippen LogP contribution in [0, 0.1) is 0 Å². The highest BCUT2D eigenvalue weighted by molar-refractivity contribution is 7.48. The van der Waals surface area contributed by atoms with Gasteiger partial charge in [0.25, 0.3) is 5.56 Å². The summed E-state index contributed by atoms with van der Waals surface area (Å²) < 4.78 is 10.4. The van der Waals surface area contributed by atoms with Crippen molar-refractivity contribution >= 4 is 19.2 Å². The Labute approximate surface area is 107 Å². The molecular weight excluding hydrogens is 283 g/mol. The second-order valence-electron chi connectivity index (χ2n) is 3.85. The molecule has 0 saturated heterocycles. The minimum atomic E-state index is -4.44. The molecule has 0 spiro atoms. The molecule has 18 heavy (non-hydrogen) atoms. The van der Waals surface area contributed by atoms with Crippen molar-refractivity contribution in [3.8, 4) is 0 Å². The van der Waals surface area contributed by atoms with Gasteiger partial charge in [0.2, 0.25) is 0 Å². The summed E-state index contributed by atoms with van der Waals surface area (Å²) in [5.74, 6) is 0. The lowest BCUT2D eigenvalue weighted by Gasteiger charge is -2.29. The fourth-order valence-electron chi connectivity index (χ4n) is 1.49. The first-order chi connectivity index (χ1) is 8.29. The molecular formula is C9H12ClN2O5P-2. The number of nitrogens with one attached hydrogen (secondary N) is 2. The molecule has 0 unspecified atom stereocenters. The Morgan fingerprint density at radius 1 is 1.11 bits per heavy atom. The summed E-state index contributed by atoms with van der Waals surface area (Å²) in [6, 6.07) is 0. The van der Waals surface area contributed by atoms with Gasteiger partial charge in [-0.1, -0.05) is 25.6 Å². The van der Waals surface area contributed by atoms with Gasteiger partial charge in [0.05, 0.1) is 5.56 Å². The largest absolute Gasteiger partial charge is 0.811 e. The lowest BCUT2D eigenvalue weighted by Crippen LogP contribution is -2.25. The first-order valence-electron chi connectivity index (χ1n) is 5.31. The SMILES string of the molecule is O=c1[nH]c(Cl)c(CCCCCP(=O)([O-])[O-])c(=O)[nH]1. The summed E-state index contributed by atoms with van der Waals surface area (Å²) in [5, 5.41) is -0.0120. The normalized spacial score (nSPS) is 11.7. The molecule has 0 aliphatic rings. The smallest absolute Gasteiger partial charge is 0.326 e. The zero-order valence-electron chi connectivity index (χ0n) is 9.40. The van der Waals surface area contributed by atoms with Crippen LogP contribution in [-0.4, -0.2) is 16.1 Å². The van der Waals surface area contributed by atoms with Gasteiger partial charge in [0.1, 0.15) is 5.15 Å². The molecule has 0 aromatic carbocycles. The van der Waals surface area contributed by atoms with Crippen LogP contribution in [0.4, 0.5) is 0 Å². The van der Waals surface area contributed by atoms with E-state index in [9.17, 15) is 23.9 Å². The zero-order chi connectivity index (χ0) is 13.8. The van der Waals surface area contributed by atoms with Crippen LogP contribution in [0.5, 0.6) is 0 Å². The molecule has 1 heterocycles. The summed E-state index contributed by atoms with van der Waals surface area (Å²) in [6.45, 7) is 0. The van der Waals surface area contributed by atoms with E-state index in [-0.39, 0.29) is 23.3 Å². The van der Waals surface area contributed by atoms with E-state index in [0.717, 1.165) is 0 Å². The van der Waals surface area contributed by atoms with Gasteiger partial charge in [-0.05, 0) is 25.4 Å². The van der Waals surface area contributed by atoms with E-state index in [1.165, 1.54) is 0 Å². The van der Waals surface area contributed by atoms with Crippen LogP contribution in [-0.2, 0) is 11.0 Å². The monoisotopic (exact) mass is 294 g/mol. The van der Waals surface area contributed by atoms with Gasteiger partial charge in [-0.3, -0.25) is 14.8 Å². The summed E-state index contributed by atoms with van der Waals surface area (Å²) in [4.78, 5) is 47.3. The minimum Gasteiger partial charge on any atom is -0.811 e. The predicted octanol–water partition coefficient (Wildman–Crippen LogP) is -0.657. The number of H-pyrrole nitrogens is 2. The highest BCUT2D eigenvalue weighted by Crippen LogP contribution is 2.24. The van der Waals surface area contributed by atoms with Crippen molar-refractivity contribution in [1.29, 1.82) is 0 Å². The average Bonchev–Trinajstić information content (AvgIpc) is 2.19. The molecule has 0 radical (unpaired) electrons. The molecule has 1 rings (SSSR count). The topological polar surface area (TPSA) is 129 Å². The number of hydrogen-bond acceptors (Lipinski definition) is 5. The van der Waals surface area contributed by atoms with Crippen LogP contribution in [0.2, 0.25) is 5.15 Å². The van der Waals surface area contributed by atoms with Gasteiger partial charge in [0, 0.05) is 0 Å². The van der Waals surface area contributed by atoms with Crippen molar-refractivity contribution in [2.24, 2.45) is 0 Å². The van der Waals surface area contributed by atoms with Crippen LogP contribution in [0.1, 0.15) is 24.8 Å². The molecule has 0 fully saturated rings. The molecule has 0 amide bonds. The Hall–Kier alpha value is -0.880. The second kappa shape index (κ2) is 6.33. The van der Waals surface area contributed by atoms with E-state index in [1.54, 1.807) is 0 Å². The standard InChI is InChI=1S/C9H14ClN2O5P/c10-7-6(8(13)12-9(14)11-7)4-2-1-3-5-18(15,16)17/h1-5H2,(H2,15,16,17)(H2,11,12,13,14)/p-2. The van der Waals surface area contributed by atoms with Gasteiger partial charge < -0.3 is 14.4 Å². The Kier molecular flexibility index (Phi) is 5.34. The fourth-order valence-corrected chi connectivity index (χ4v) is 2.37. The molecule has 0 aliphatic carbocycles. The molecule has 1 aromatic heterocycles. The quantitative estimate of drug-likeness (QED) is 0.409. The molecule has 102 valence electrons. The average molecular weight is 295 g/mol. The first-order valence-corrected chi connectivity index (χ1v) is 7.42. The van der Waals surface area contributed by atoms with Crippen molar-refractivity contribution in [3.05, 3.63) is 31.6 Å². The van der Waals surface area contributed by atoms with Gasteiger partial charge >= 0.3 is 5.69 Å². The molecule has 9 heteroatoms. The van der Waals surface area contributed by atoms with E-state index in [4.69, 9.17) is 11.6 Å². The van der Waals surface area contributed by atoms with Crippen molar-refractivity contribution in [1.82, 2.24) is 9.97 Å². The number of aromatic nitrogens is 2.